The van der Waals surface area contributed by atoms with Gasteiger partial charge in [-0.15, -0.1) is 11.6 Å². The highest BCUT2D eigenvalue weighted by atomic mass is 35.5. The molecule has 1 aromatic rings. The zero-order valence-electron chi connectivity index (χ0n) is 9.37. The van der Waals surface area contributed by atoms with Gasteiger partial charge in [0.25, 0.3) is 0 Å². The molecule has 2 nitrogen and oxygen atoms in total. The van der Waals surface area contributed by atoms with Crippen LogP contribution < -0.4 is 0 Å². The van der Waals surface area contributed by atoms with Crippen molar-refractivity contribution in [1.29, 1.82) is 0 Å². The van der Waals surface area contributed by atoms with Gasteiger partial charge < -0.3 is 0 Å². The summed E-state index contributed by atoms with van der Waals surface area (Å²) in [6.45, 7) is 0. The zero-order valence-corrected chi connectivity index (χ0v) is 10.9. The predicted octanol–water partition coefficient (Wildman–Crippen LogP) is 3.50. The van der Waals surface area contributed by atoms with E-state index in [-0.39, 0.29) is 10.6 Å². The highest BCUT2D eigenvalue weighted by Gasteiger charge is 2.31. The Labute approximate surface area is 109 Å². The Bertz CT molecular complexity index is 497. The van der Waals surface area contributed by atoms with Gasteiger partial charge in [0.1, 0.15) is 0 Å². The van der Waals surface area contributed by atoms with Gasteiger partial charge in [-0.1, -0.05) is 6.07 Å². The highest BCUT2D eigenvalue weighted by molar-refractivity contribution is 7.91. The third-order valence-corrected chi connectivity index (χ3v) is 4.38. The molecule has 0 atom stereocenters. The van der Waals surface area contributed by atoms with E-state index in [0.717, 1.165) is 12.1 Å². The van der Waals surface area contributed by atoms with Crippen LogP contribution in [0.5, 0.6) is 0 Å². The third kappa shape index (κ3) is 4.17. The minimum Gasteiger partial charge on any atom is -0.224 e. The van der Waals surface area contributed by atoms with Crippen LogP contribution in [0.15, 0.2) is 29.2 Å². The van der Waals surface area contributed by atoms with Crippen molar-refractivity contribution in [3.8, 4) is 0 Å². The molecule has 7 heteroatoms. The van der Waals surface area contributed by atoms with Gasteiger partial charge in [0.15, 0.2) is 9.84 Å². The van der Waals surface area contributed by atoms with E-state index < -0.39 is 21.6 Å². The number of unbranched alkanes of at least 4 members (excludes halogenated alkanes) is 1. The Morgan fingerprint density at radius 3 is 2.39 bits per heavy atom. The largest absolute Gasteiger partial charge is 0.416 e. The zero-order chi connectivity index (χ0) is 13.8. The minimum atomic E-state index is -4.54. The van der Waals surface area contributed by atoms with E-state index in [2.05, 4.69) is 0 Å². The van der Waals surface area contributed by atoms with Gasteiger partial charge in [-0.3, -0.25) is 0 Å². The molecule has 18 heavy (non-hydrogen) atoms. The van der Waals surface area contributed by atoms with E-state index in [4.69, 9.17) is 11.6 Å². The van der Waals surface area contributed by atoms with E-state index in [1.807, 2.05) is 0 Å². The number of sulfone groups is 1. The first-order chi connectivity index (χ1) is 8.27. The first-order valence-electron chi connectivity index (χ1n) is 5.23. The van der Waals surface area contributed by atoms with Crippen LogP contribution in [0, 0.1) is 0 Å². The first kappa shape index (κ1) is 15.3. The van der Waals surface area contributed by atoms with Crippen molar-refractivity contribution in [2.75, 3.05) is 11.6 Å². The summed E-state index contributed by atoms with van der Waals surface area (Å²) in [5.74, 6) is 0.138. The Morgan fingerprint density at radius 1 is 1.17 bits per heavy atom. The van der Waals surface area contributed by atoms with Crippen LogP contribution in [0.2, 0.25) is 0 Å². The average molecular weight is 301 g/mol. The summed E-state index contributed by atoms with van der Waals surface area (Å²) in [6, 6.07) is 3.77. The molecule has 0 fully saturated rings. The van der Waals surface area contributed by atoms with E-state index in [9.17, 15) is 21.6 Å². The molecule has 102 valence electrons. The maximum absolute atomic E-state index is 12.5. The number of halogens is 4. The van der Waals surface area contributed by atoms with Crippen molar-refractivity contribution < 1.29 is 21.6 Å². The van der Waals surface area contributed by atoms with Gasteiger partial charge in [0.2, 0.25) is 0 Å². The third-order valence-electron chi connectivity index (χ3n) is 2.32. The van der Waals surface area contributed by atoms with Gasteiger partial charge in [-0.25, -0.2) is 8.42 Å². The van der Waals surface area contributed by atoms with Crippen molar-refractivity contribution in [3.63, 3.8) is 0 Å². The van der Waals surface area contributed by atoms with Gasteiger partial charge in [0, 0.05) is 5.88 Å². The molecule has 1 aromatic carbocycles. The predicted molar refractivity (Wildman–Crippen MR) is 63.5 cm³/mol. The van der Waals surface area contributed by atoms with Crippen molar-refractivity contribution in [3.05, 3.63) is 29.8 Å². The Kier molecular flexibility index (Phi) is 5.04. The number of hydrogen-bond donors (Lipinski definition) is 0. The molecule has 0 unspecified atom stereocenters. The summed E-state index contributed by atoms with van der Waals surface area (Å²) in [4.78, 5) is -0.299. The van der Waals surface area contributed by atoms with E-state index in [0.29, 0.717) is 24.8 Å². The second-order valence-electron chi connectivity index (χ2n) is 3.74. The molecule has 0 aliphatic carbocycles. The topological polar surface area (TPSA) is 34.1 Å². The molecule has 0 heterocycles. The average Bonchev–Trinajstić information content (AvgIpc) is 2.28. The summed E-state index contributed by atoms with van der Waals surface area (Å²) in [6.07, 6.45) is -3.69. The van der Waals surface area contributed by atoms with Crippen LogP contribution in [-0.4, -0.2) is 20.1 Å². The van der Waals surface area contributed by atoms with Crippen molar-refractivity contribution in [1.82, 2.24) is 0 Å². The van der Waals surface area contributed by atoms with Crippen LogP contribution in [-0.2, 0) is 16.0 Å². The van der Waals surface area contributed by atoms with E-state index in [1.165, 1.54) is 6.07 Å². The molecule has 0 spiro atoms. The molecule has 1 rings (SSSR count). The fourth-order valence-electron chi connectivity index (χ4n) is 1.37. The monoisotopic (exact) mass is 300 g/mol. The maximum atomic E-state index is 12.5. The number of benzene rings is 1. The molecule has 0 saturated carbocycles. The summed E-state index contributed by atoms with van der Waals surface area (Å²) < 4.78 is 60.9. The molecule has 0 radical (unpaired) electrons. The molecule has 0 amide bonds. The molecule has 0 aliphatic heterocycles. The van der Waals surface area contributed by atoms with Crippen LogP contribution in [0.1, 0.15) is 18.4 Å². The molecule has 0 aromatic heterocycles. The maximum Gasteiger partial charge on any atom is 0.416 e. The van der Waals surface area contributed by atoms with Crippen LogP contribution >= 0.6 is 11.6 Å². The van der Waals surface area contributed by atoms with Crippen LogP contribution in [0.3, 0.4) is 0 Å². The number of hydrogen-bond acceptors (Lipinski definition) is 2. The standard InChI is InChI=1S/C11H12ClF3O2S/c12-6-1-2-7-18(16,17)10-5-3-4-9(8-10)11(13,14)15/h3-5,8H,1-2,6-7H2. The Morgan fingerprint density at radius 2 is 1.83 bits per heavy atom. The van der Waals surface area contributed by atoms with Gasteiger partial charge >= 0.3 is 6.18 Å². The smallest absolute Gasteiger partial charge is 0.224 e. The van der Waals surface area contributed by atoms with Crippen molar-refractivity contribution >= 4 is 21.4 Å². The summed E-state index contributed by atoms with van der Waals surface area (Å²) in [5, 5.41) is 0. The fraction of sp³-hybridized carbons (Fsp3) is 0.455. The molecule has 0 bridgehead atoms. The Balaban J connectivity index is 2.96. The van der Waals surface area contributed by atoms with E-state index in [1.54, 1.807) is 0 Å². The minimum absolute atomic E-state index is 0.193. The number of rotatable bonds is 5. The molecular formula is C11H12ClF3O2S. The van der Waals surface area contributed by atoms with E-state index >= 15 is 0 Å². The highest BCUT2D eigenvalue weighted by Crippen LogP contribution is 2.30. The molecule has 0 saturated heterocycles. The summed E-state index contributed by atoms with van der Waals surface area (Å²) in [7, 11) is -3.67. The molecule has 0 N–H and O–H groups in total. The lowest BCUT2D eigenvalue weighted by Crippen LogP contribution is -2.10. The van der Waals surface area contributed by atoms with Gasteiger partial charge in [-0.2, -0.15) is 13.2 Å². The lowest BCUT2D eigenvalue weighted by molar-refractivity contribution is -0.137. The van der Waals surface area contributed by atoms with Crippen molar-refractivity contribution in [2.45, 2.75) is 23.9 Å². The SMILES string of the molecule is O=S(=O)(CCCCCl)c1cccc(C(F)(F)F)c1. The fourth-order valence-corrected chi connectivity index (χ4v) is 2.97. The molecule has 0 aliphatic rings. The second kappa shape index (κ2) is 5.93. The number of alkyl halides is 4. The summed E-state index contributed by atoms with van der Waals surface area (Å²) in [5.41, 5.74) is -0.957. The van der Waals surface area contributed by atoms with Gasteiger partial charge in [0.05, 0.1) is 16.2 Å². The lowest BCUT2D eigenvalue weighted by Gasteiger charge is -2.09. The normalized spacial score (nSPS) is 12.7. The second-order valence-corrected chi connectivity index (χ2v) is 6.23. The Hall–Kier alpha value is -0.750. The van der Waals surface area contributed by atoms with Gasteiger partial charge in [-0.05, 0) is 31.0 Å². The molecular weight excluding hydrogens is 289 g/mol. The summed E-state index contributed by atoms with van der Waals surface area (Å²) >= 11 is 5.42. The van der Waals surface area contributed by atoms with Crippen LogP contribution in [0.4, 0.5) is 13.2 Å². The lowest BCUT2D eigenvalue weighted by atomic mass is 10.2. The quantitative estimate of drug-likeness (QED) is 0.616. The first-order valence-corrected chi connectivity index (χ1v) is 7.42. The van der Waals surface area contributed by atoms with Crippen molar-refractivity contribution in [2.24, 2.45) is 0 Å². The van der Waals surface area contributed by atoms with Crippen LogP contribution in [0.25, 0.3) is 0 Å².